The normalized spacial score (nSPS) is 10.4. The maximum Gasteiger partial charge on any atom is 0.104 e. The van der Waals surface area contributed by atoms with Gasteiger partial charge in [0.1, 0.15) is 6.61 Å². The Labute approximate surface area is 118 Å². The molecule has 0 saturated heterocycles. The van der Waals surface area contributed by atoms with Crippen LogP contribution in [0.3, 0.4) is 0 Å². The molecule has 1 aromatic heterocycles. The van der Waals surface area contributed by atoms with E-state index in [4.69, 9.17) is 5.11 Å². The van der Waals surface area contributed by atoms with E-state index in [0.29, 0.717) is 0 Å². The Kier molecular flexibility index (Phi) is 8.19. The summed E-state index contributed by atoms with van der Waals surface area (Å²) < 4.78 is 0. The number of thioether (sulfide) groups is 1. The lowest BCUT2D eigenvalue weighted by molar-refractivity contribution is 0.324. The van der Waals surface area contributed by atoms with E-state index in [-0.39, 0.29) is 6.61 Å². The quantitative estimate of drug-likeness (QED) is 0.615. The lowest BCUT2D eigenvalue weighted by Crippen LogP contribution is -2.25. The summed E-state index contributed by atoms with van der Waals surface area (Å²) >= 11 is 3.70. The second kappa shape index (κ2) is 9.46. The highest BCUT2D eigenvalue weighted by Gasteiger charge is 2.01. The molecule has 0 saturated carbocycles. The predicted molar refractivity (Wildman–Crippen MR) is 82.2 cm³/mol. The first-order valence-corrected chi connectivity index (χ1v) is 8.25. The topological polar surface area (TPSA) is 23.5 Å². The Bertz CT molecular complexity index is 388. The van der Waals surface area contributed by atoms with Gasteiger partial charge in [-0.3, -0.25) is 0 Å². The number of aliphatic hydroxyl groups excluding tert-OH is 1. The molecule has 2 nitrogen and oxygen atoms in total. The fourth-order valence-corrected chi connectivity index (χ4v) is 3.55. The molecular formula is C14H21NOS2. The van der Waals surface area contributed by atoms with Crippen LogP contribution in [0.5, 0.6) is 0 Å². The second-order valence-electron chi connectivity index (χ2n) is 3.81. The summed E-state index contributed by atoms with van der Waals surface area (Å²) in [6.45, 7) is 7.79. The van der Waals surface area contributed by atoms with Gasteiger partial charge in [-0.2, -0.15) is 11.8 Å². The molecule has 18 heavy (non-hydrogen) atoms. The average molecular weight is 283 g/mol. The van der Waals surface area contributed by atoms with Crippen molar-refractivity contribution in [3.63, 3.8) is 0 Å². The highest BCUT2D eigenvalue weighted by atomic mass is 32.2. The van der Waals surface area contributed by atoms with Crippen molar-refractivity contribution in [1.29, 1.82) is 0 Å². The van der Waals surface area contributed by atoms with Gasteiger partial charge in [-0.15, -0.1) is 11.3 Å². The Morgan fingerprint density at radius 3 is 2.78 bits per heavy atom. The van der Waals surface area contributed by atoms with E-state index in [0.717, 1.165) is 23.7 Å². The first-order valence-electron chi connectivity index (χ1n) is 6.28. The molecule has 1 heterocycles. The van der Waals surface area contributed by atoms with E-state index in [2.05, 4.69) is 36.7 Å². The van der Waals surface area contributed by atoms with E-state index in [1.807, 2.05) is 17.8 Å². The molecule has 0 spiro atoms. The number of hydrogen-bond acceptors (Lipinski definition) is 4. The van der Waals surface area contributed by atoms with Gasteiger partial charge in [0.05, 0.1) is 4.88 Å². The van der Waals surface area contributed by atoms with Gasteiger partial charge in [-0.05, 0) is 25.2 Å². The summed E-state index contributed by atoms with van der Waals surface area (Å²) in [7, 11) is 0. The minimum Gasteiger partial charge on any atom is -0.384 e. The Morgan fingerprint density at radius 2 is 2.11 bits per heavy atom. The predicted octanol–water partition coefficient (Wildman–Crippen LogP) is 2.67. The molecule has 0 amide bonds. The number of rotatable bonds is 7. The lowest BCUT2D eigenvalue weighted by Gasteiger charge is -2.17. The zero-order valence-corrected chi connectivity index (χ0v) is 12.7. The molecule has 4 heteroatoms. The minimum absolute atomic E-state index is 0.0636. The van der Waals surface area contributed by atoms with Crippen LogP contribution in [0.4, 0.5) is 0 Å². The van der Waals surface area contributed by atoms with Crippen LogP contribution in [-0.2, 0) is 5.75 Å². The van der Waals surface area contributed by atoms with Crippen LogP contribution in [0.2, 0.25) is 0 Å². The maximum atomic E-state index is 8.63. The lowest BCUT2D eigenvalue weighted by atomic mass is 10.4. The first kappa shape index (κ1) is 15.6. The van der Waals surface area contributed by atoms with Gasteiger partial charge in [0.25, 0.3) is 0 Å². The number of nitrogens with zero attached hydrogens (tertiary/aromatic N) is 1. The highest BCUT2D eigenvalue weighted by Crippen LogP contribution is 2.21. The van der Waals surface area contributed by atoms with Crippen LogP contribution >= 0.6 is 23.1 Å². The summed E-state index contributed by atoms with van der Waals surface area (Å²) in [6.07, 6.45) is 0. The van der Waals surface area contributed by atoms with Gasteiger partial charge in [0, 0.05) is 22.9 Å². The standard InChI is InChI=1S/C14H21NOS2/c1-3-15(4-2)9-11-17-12-14-8-7-13(18-14)6-5-10-16/h7-8,16H,3-4,9-12H2,1-2H3. The number of thiophene rings is 1. The zero-order chi connectivity index (χ0) is 13.2. The Morgan fingerprint density at radius 1 is 1.33 bits per heavy atom. The van der Waals surface area contributed by atoms with Crippen molar-refractivity contribution in [2.24, 2.45) is 0 Å². The van der Waals surface area contributed by atoms with Gasteiger partial charge in [0.2, 0.25) is 0 Å². The fourth-order valence-electron chi connectivity index (χ4n) is 1.56. The molecule has 1 aromatic rings. The zero-order valence-electron chi connectivity index (χ0n) is 11.1. The molecule has 0 radical (unpaired) electrons. The van der Waals surface area contributed by atoms with E-state index in [1.54, 1.807) is 11.3 Å². The van der Waals surface area contributed by atoms with Gasteiger partial charge in [-0.1, -0.05) is 25.7 Å². The summed E-state index contributed by atoms with van der Waals surface area (Å²) in [5.41, 5.74) is 0. The van der Waals surface area contributed by atoms with Gasteiger partial charge < -0.3 is 10.0 Å². The summed E-state index contributed by atoms with van der Waals surface area (Å²) in [4.78, 5) is 4.85. The summed E-state index contributed by atoms with van der Waals surface area (Å²) in [5, 5.41) is 8.63. The largest absolute Gasteiger partial charge is 0.384 e. The van der Waals surface area contributed by atoms with E-state index in [9.17, 15) is 0 Å². The first-order chi connectivity index (χ1) is 8.80. The van der Waals surface area contributed by atoms with Crippen LogP contribution in [0, 0.1) is 11.8 Å². The van der Waals surface area contributed by atoms with Crippen molar-refractivity contribution >= 4 is 23.1 Å². The molecule has 100 valence electrons. The number of aliphatic hydroxyl groups is 1. The van der Waals surface area contributed by atoms with Gasteiger partial charge >= 0.3 is 0 Å². The molecule has 0 aliphatic heterocycles. The molecule has 0 aliphatic carbocycles. The summed E-state index contributed by atoms with van der Waals surface area (Å²) in [5.74, 6) is 7.86. The van der Waals surface area contributed by atoms with Crippen molar-refractivity contribution in [1.82, 2.24) is 4.90 Å². The maximum absolute atomic E-state index is 8.63. The highest BCUT2D eigenvalue weighted by molar-refractivity contribution is 7.98. The van der Waals surface area contributed by atoms with Gasteiger partial charge in [-0.25, -0.2) is 0 Å². The van der Waals surface area contributed by atoms with E-state index < -0.39 is 0 Å². The molecule has 0 aliphatic rings. The Balaban J connectivity index is 2.25. The van der Waals surface area contributed by atoms with Crippen LogP contribution < -0.4 is 0 Å². The second-order valence-corrected chi connectivity index (χ2v) is 6.08. The SMILES string of the molecule is CCN(CC)CCSCc1ccc(C#CCO)s1. The van der Waals surface area contributed by atoms with Crippen molar-refractivity contribution in [2.45, 2.75) is 19.6 Å². The fraction of sp³-hybridized carbons (Fsp3) is 0.571. The van der Waals surface area contributed by atoms with Crippen LogP contribution in [0.25, 0.3) is 0 Å². The van der Waals surface area contributed by atoms with Crippen LogP contribution in [0.15, 0.2) is 12.1 Å². The van der Waals surface area contributed by atoms with E-state index >= 15 is 0 Å². The molecule has 0 fully saturated rings. The van der Waals surface area contributed by atoms with Crippen molar-refractivity contribution < 1.29 is 5.11 Å². The van der Waals surface area contributed by atoms with Crippen LogP contribution in [-0.4, -0.2) is 42.0 Å². The molecule has 0 aromatic carbocycles. The third kappa shape index (κ3) is 5.92. The molecule has 1 N–H and O–H groups in total. The third-order valence-electron chi connectivity index (χ3n) is 2.64. The molecular weight excluding hydrogens is 262 g/mol. The molecule has 1 rings (SSSR count). The van der Waals surface area contributed by atoms with Crippen molar-refractivity contribution in [2.75, 3.05) is 32.0 Å². The van der Waals surface area contributed by atoms with E-state index in [1.165, 1.54) is 17.2 Å². The van der Waals surface area contributed by atoms with Gasteiger partial charge in [0.15, 0.2) is 0 Å². The third-order valence-corrected chi connectivity index (χ3v) is 4.81. The monoisotopic (exact) mass is 283 g/mol. The average Bonchev–Trinajstić information content (AvgIpc) is 2.84. The van der Waals surface area contributed by atoms with Crippen LogP contribution in [0.1, 0.15) is 23.6 Å². The number of hydrogen-bond donors (Lipinski definition) is 1. The van der Waals surface area contributed by atoms with Crippen molar-refractivity contribution in [3.05, 3.63) is 21.9 Å². The Hall–Kier alpha value is -0.470. The smallest absolute Gasteiger partial charge is 0.104 e. The molecule has 0 atom stereocenters. The minimum atomic E-state index is -0.0636. The molecule has 0 unspecified atom stereocenters. The summed E-state index contributed by atoms with van der Waals surface area (Å²) in [6, 6.07) is 4.17. The van der Waals surface area contributed by atoms with Crippen molar-refractivity contribution in [3.8, 4) is 11.8 Å². The molecule has 0 bridgehead atoms.